The SMILES string of the molecule is CCC1CN(C(=O)c2ccccc2O)CCO1. The molecule has 1 atom stereocenters. The number of morpholine rings is 1. The summed E-state index contributed by atoms with van der Waals surface area (Å²) in [5.41, 5.74) is 0.365. The highest BCUT2D eigenvalue weighted by Crippen LogP contribution is 2.19. The Hall–Kier alpha value is -1.55. The monoisotopic (exact) mass is 235 g/mol. The van der Waals surface area contributed by atoms with Gasteiger partial charge >= 0.3 is 0 Å². The lowest BCUT2D eigenvalue weighted by atomic mass is 10.1. The summed E-state index contributed by atoms with van der Waals surface area (Å²) >= 11 is 0. The van der Waals surface area contributed by atoms with Crippen LogP contribution in [-0.2, 0) is 4.74 Å². The van der Waals surface area contributed by atoms with Crippen molar-refractivity contribution in [1.82, 2.24) is 4.90 Å². The highest BCUT2D eigenvalue weighted by molar-refractivity contribution is 5.96. The number of hydrogen-bond acceptors (Lipinski definition) is 3. The number of benzene rings is 1. The largest absolute Gasteiger partial charge is 0.507 e. The van der Waals surface area contributed by atoms with E-state index in [4.69, 9.17) is 4.74 Å². The molecule has 1 amide bonds. The number of ether oxygens (including phenoxy) is 1. The van der Waals surface area contributed by atoms with Crippen LogP contribution in [0.25, 0.3) is 0 Å². The topological polar surface area (TPSA) is 49.8 Å². The second-order valence-corrected chi connectivity index (χ2v) is 4.17. The Bertz CT molecular complexity index is 405. The molecule has 1 aliphatic heterocycles. The van der Waals surface area contributed by atoms with Gasteiger partial charge in [-0.15, -0.1) is 0 Å². The average molecular weight is 235 g/mol. The molecule has 1 unspecified atom stereocenters. The summed E-state index contributed by atoms with van der Waals surface area (Å²) in [6, 6.07) is 6.64. The normalized spacial score (nSPS) is 20.3. The molecule has 1 fully saturated rings. The number of hydrogen-bond donors (Lipinski definition) is 1. The van der Waals surface area contributed by atoms with Gasteiger partial charge in [0.05, 0.1) is 18.3 Å². The highest BCUT2D eigenvalue weighted by atomic mass is 16.5. The predicted molar refractivity (Wildman–Crippen MR) is 64.0 cm³/mol. The van der Waals surface area contributed by atoms with Crippen molar-refractivity contribution >= 4 is 5.91 Å². The standard InChI is InChI=1S/C13H17NO3/c1-2-10-9-14(7-8-17-10)13(16)11-5-3-4-6-12(11)15/h3-6,10,15H,2,7-9H2,1H3. The van der Waals surface area contributed by atoms with Gasteiger partial charge in [0.15, 0.2) is 0 Å². The molecule has 1 aromatic rings. The third kappa shape index (κ3) is 2.58. The number of nitrogens with zero attached hydrogens (tertiary/aromatic N) is 1. The minimum atomic E-state index is -0.121. The maximum absolute atomic E-state index is 12.2. The van der Waals surface area contributed by atoms with E-state index in [0.717, 1.165) is 6.42 Å². The molecule has 1 aliphatic rings. The molecule has 1 N–H and O–H groups in total. The van der Waals surface area contributed by atoms with Gasteiger partial charge in [-0.05, 0) is 18.6 Å². The highest BCUT2D eigenvalue weighted by Gasteiger charge is 2.25. The Labute approximate surface area is 101 Å². The van der Waals surface area contributed by atoms with E-state index < -0.39 is 0 Å². The zero-order chi connectivity index (χ0) is 12.3. The summed E-state index contributed by atoms with van der Waals surface area (Å²) in [5.74, 6) is -0.0816. The first-order valence-electron chi connectivity index (χ1n) is 5.91. The van der Waals surface area contributed by atoms with Gasteiger partial charge in [0.2, 0.25) is 0 Å². The minimum absolute atomic E-state index is 0.0389. The lowest BCUT2D eigenvalue weighted by molar-refractivity contribution is -0.0227. The Morgan fingerprint density at radius 2 is 2.29 bits per heavy atom. The number of carbonyl (C=O) groups excluding carboxylic acids is 1. The minimum Gasteiger partial charge on any atom is -0.507 e. The first kappa shape index (κ1) is 11.9. The lowest BCUT2D eigenvalue weighted by Gasteiger charge is -2.32. The summed E-state index contributed by atoms with van der Waals surface area (Å²) < 4.78 is 5.52. The lowest BCUT2D eigenvalue weighted by Crippen LogP contribution is -2.45. The van der Waals surface area contributed by atoms with Gasteiger partial charge in [-0.3, -0.25) is 4.79 Å². The Morgan fingerprint density at radius 1 is 1.53 bits per heavy atom. The molecule has 4 heteroatoms. The molecule has 1 saturated heterocycles. The molecule has 17 heavy (non-hydrogen) atoms. The third-order valence-electron chi connectivity index (χ3n) is 3.02. The zero-order valence-corrected chi connectivity index (χ0v) is 9.93. The summed E-state index contributed by atoms with van der Waals surface area (Å²) in [6.45, 7) is 3.80. The van der Waals surface area contributed by atoms with Crippen LogP contribution in [0.15, 0.2) is 24.3 Å². The van der Waals surface area contributed by atoms with Gasteiger partial charge in [0, 0.05) is 13.1 Å². The molecular weight excluding hydrogens is 218 g/mol. The first-order chi connectivity index (χ1) is 8.22. The summed E-state index contributed by atoms with van der Waals surface area (Å²) in [4.78, 5) is 13.9. The molecule has 0 bridgehead atoms. The number of phenols is 1. The fraction of sp³-hybridized carbons (Fsp3) is 0.462. The second kappa shape index (κ2) is 5.19. The van der Waals surface area contributed by atoms with Crippen molar-refractivity contribution in [3.05, 3.63) is 29.8 Å². The number of phenolic OH excluding ortho intramolecular Hbond substituents is 1. The Balaban J connectivity index is 2.12. The molecule has 1 heterocycles. The molecule has 0 saturated carbocycles. The summed E-state index contributed by atoms with van der Waals surface area (Å²) in [5, 5.41) is 9.66. The van der Waals surface area contributed by atoms with Gasteiger partial charge in [-0.25, -0.2) is 0 Å². The average Bonchev–Trinajstić information content (AvgIpc) is 2.38. The van der Waals surface area contributed by atoms with Crippen molar-refractivity contribution in [1.29, 1.82) is 0 Å². The molecule has 0 radical (unpaired) electrons. The van der Waals surface area contributed by atoms with E-state index in [-0.39, 0.29) is 17.8 Å². The molecule has 92 valence electrons. The van der Waals surface area contributed by atoms with Gasteiger partial charge in [-0.1, -0.05) is 19.1 Å². The predicted octanol–water partition coefficient (Wildman–Crippen LogP) is 1.64. The van der Waals surface area contributed by atoms with Crippen molar-refractivity contribution in [2.45, 2.75) is 19.4 Å². The quantitative estimate of drug-likeness (QED) is 0.847. The fourth-order valence-corrected chi connectivity index (χ4v) is 1.98. The summed E-state index contributed by atoms with van der Waals surface area (Å²) in [7, 11) is 0. The molecule has 0 aliphatic carbocycles. The van der Waals surface area contributed by atoms with E-state index in [1.54, 1.807) is 23.1 Å². The van der Waals surface area contributed by atoms with Gasteiger partial charge in [0.1, 0.15) is 5.75 Å². The van der Waals surface area contributed by atoms with Crippen LogP contribution in [-0.4, -0.2) is 41.7 Å². The third-order valence-corrected chi connectivity index (χ3v) is 3.02. The maximum Gasteiger partial charge on any atom is 0.257 e. The molecule has 0 spiro atoms. The van der Waals surface area contributed by atoms with E-state index in [2.05, 4.69) is 0 Å². The van der Waals surface area contributed by atoms with Gasteiger partial charge < -0.3 is 14.7 Å². The van der Waals surface area contributed by atoms with Crippen molar-refractivity contribution in [2.75, 3.05) is 19.7 Å². The van der Waals surface area contributed by atoms with Crippen LogP contribution >= 0.6 is 0 Å². The molecular formula is C13H17NO3. The van der Waals surface area contributed by atoms with E-state index in [1.807, 2.05) is 6.92 Å². The van der Waals surface area contributed by atoms with Crippen LogP contribution in [0.5, 0.6) is 5.75 Å². The fourth-order valence-electron chi connectivity index (χ4n) is 1.98. The van der Waals surface area contributed by atoms with E-state index in [9.17, 15) is 9.90 Å². The van der Waals surface area contributed by atoms with Crippen LogP contribution in [0.4, 0.5) is 0 Å². The molecule has 2 rings (SSSR count). The van der Waals surface area contributed by atoms with Crippen molar-refractivity contribution in [3.8, 4) is 5.75 Å². The Morgan fingerprint density at radius 3 is 3.00 bits per heavy atom. The zero-order valence-electron chi connectivity index (χ0n) is 9.93. The number of aromatic hydroxyl groups is 1. The smallest absolute Gasteiger partial charge is 0.257 e. The van der Waals surface area contributed by atoms with Gasteiger partial charge in [0.25, 0.3) is 5.91 Å². The summed E-state index contributed by atoms with van der Waals surface area (Å²) in [6.07, 6.45) is 1.00. The van der Waals surface area contributed by atoms with Crippen molar-refractivity contribution < 1.29 is 14.6 Å². The first-order valence-corrected chi connectivity index (χ1v) is 5.91. The van der Waals surface area contributed by atoms with E-state index in [0.29, 0.717) is 25.3 Å². The molecule has 0 aromatic heterocycles. The molecule has 1 aromatic carbocycles. The Kier molecular flexibility index (Phi) is 3.64. The van der Waals surface area contributed by atoms with E-state index >= 15 is 0 Å². The van der Waals surface area contributed by atoms with Gasteiger partial charge in [-0.2, -0.15) is 0 Å². The second-order valence-electron chi connectivity index (χ2n) is 4.17. The maximum atomic E-state index is 12.2. The molecule has 4 nitrogen and oxygen atoms in total. The van der Waals surface area contributed by atoms with Crippen LogP contribution in [0, 0.1) is 0 Å². The van der Waals surface area contributed by atoms with Crippen LogP contribution in [0.1, 0.15) is 23.7 Å². The number of rotatable bonds is 2. The number of amides is 1. The number of carbonyl (C=O) groups is 1. The van der Waals surface area contributed by atoms with E-state index in [1.165, 1.54) is 6.07 Å². The van der Waals surface area contributed by atoms with Crippen LogP contribution < -0.4 is 0 Å². The van der Waals surface area contributed by atoms with Crippen molar-refractivity contribution in [2.24, 2.45) is 0 Å². The van der Waals surface area contributed by atoms with Crippen LogP contribution in [0.3, 0.4) is 0 Å². The number of para-hydroxylation sites is 1. The van der Waals surface area contributed by atoms with Crippen molar-refractivity contribution in [3.63, 3.8) is 0 Å². The van der Waals surface area contributed by atoms with Crippen LogP contribution in [0.2, 0.25) is 0 Å².